The first-order valence-corrected chi connectivity index (χ1v) is 11.2. The number of anilines is 1. The lowest BCUT2D eigenvalue weighted by molar-refractivity contribution is -0.120. The number of benzene rings is 1. The topological polar surface area (TPSA) is 123 Å². The Labute approximate surface area is 196 Å². The molecule has 1 aliphatic carbocycles. The molecule has 176 valence electrons. The van der Waals surface area contributed by atoms with Crippen molar-refractivity contribution in [3.8, 4) is 11.5 Å². The molecule has 1 aliphatic rings. The van der Waals surface area contributed by atoms with E-state index in [0.29, 0.717) is 23.8 Å². The van der Waals surface area contributed by atoms with Crippen LogP contribution in [0.5, 0.6) is 11.5 Å². The number of nitrogens with zero attached hydrogens (tertiary/aromatic N) is 3. The Morgan fingerprint density at radius 1 is 1.18 bits per heavy atom. The van der Waals surface area contributed by atoms with Gasteiger partial charge in [0.25, 0.3) is 11.5 Å². The monoisotopic (exact) mass is 462 g/mol. The molecule has 2 heterocycles. The van der Waals surface area contributed by atoms with Gasteiger partial charge in [-0.05, 0) is 43.0 Å². The predicted octanol–water partition coefficient (Wildman–Crippen LogP) is 4.20. The van der Waals surface area contributed by atoms with Gasteiger partial charge in [-0.2, -0.15) is 5.10 Å². The van der Waals surface area contributed by atoms with Crippen molar-refractivity contribution in [3.63, 3.8) is 0 Å². The Morgan fingerprint density at radius 3 is 2.59 bits per heavy atom. The summed E-state index contributed by atoms with van der Waals surface area (Å²) < 4.78 is 6.99. The smallest absolute Gasteiger partial charge is 0.337 e. The lowest BCUT2D eigenvalue weighted by Crippen LogP contribution is -2.36. The molecule has 0 bridgehead atoms. The number of carboxylic acid groups (broad SMARTS) is 1. The Hall–Kier alpha value is -4.01. The highest BCUT2D eigenvalue weighted by atomic mass is 16.5. The molecule has 0 unspecified atom stereocenters. The van der Waals surface area contributed by atoms with Gasteiger partial charge in [-0.1, -0.05) is 43.9 Å². The van der Waals surface area contributed by atoms with E-state index in [2.05, 4.69) is 15.4 Å². The Kier molecular flexibility index (Phi) is 7.01. The van der Waals surface area contributed by atoms with Gasteiger partial charge in [-0.15, -0.1) is 0 Å². The van der Waals surface area contributed by atoms with Crippen LogP contribution >= 0.6 is 0 Å². The van der Waals surface area contributed by atoms with Crippen molar-refractivity contribution in [2.24, 2.45) is 5.92 Å². The number of carbonyl (C=O) groups is 2. The third-order valence-electron chi connectivity index (χ3n) is 6.01. The molecular weight excluding hydrogens is 436 g/mol. The highest BCUT2D eigenvalue weighted by molar-refractivity contribution is 5.93. The van der Waals surface area contributed by atoms with Crippen molar-refractivity contribution in [1.82, 2.24) is 14.8 Å². The van der Waals surface area contributed by atoms with Gasteiger partial charge < -0.3 is 15.2 Å². The molecule has 4 rings (SSSR count). The molecule has 1 saturated carbocycles. The van der Waals surface area contributed by atoms with Gasteiger partial charge >= 0.3 is 5.97 Å². The van der Waals surface area contributed by atoms with E-state index in [1.165, 1.54) is 35.3 Å². The van der Waals surface area contributed by atoms with E-state index in [4.69, 9.17) is 9.84 Å². The van der Waals surface area contributed by atoms with Crippen LogP contribution < -0.4 is 15.6 Å². The maximum atomic E-state index is 13.2. The first-order valence-electron chi connectivity index (χ1n) is 11.2. The maximum absolute atomic E-state index is 13.2. The van der Waals surface area contributed by atoms with Gasteiger partial charge in [0.2, 0.25) is 0 Å². The number of hydrogen-bond acceptors (Lipinski definition) is 6. The second-order valence-corrected chi connectivity index (χ2v) is 8.47. The van der Waals surface area contributed by atoms with E-state index in [1.807, 2.05) is 25.1 Å². The largest absolute Gasteiger partial charge is 0.478 e. The van der Waals surface area contributed by atoms with Crippen LogP contribution in [-0.4, -0.2) is 31.7 Å². The number of para-hydroxylation sites is 1. The van der Waals surface area contributed by atoms with Crippen LogP contribution in [0.1, 0.15) is 54.1 Å². The number of aromatic carboxylic acids is 1. The summed E-state index contributed by atoms with van der Waals surface area (Å²) in [7, 11) is 0. The molecule has 0 radical (unpaired) electrons. The van der Waals surface area contributed by atoms with Crippen molar-refractivity contribution in [2.45, 2.75) is 45.1 Å². The Morgan fingerprint density at radius 2 is 1.94 bits per heavy atom. The molecular formula is C25H26N4O5. The fraction of sp³-hybridized carbons (Fsp3) is 0.320. The number of amides is 1. The summed E-state index contributed by atoms with van der Waals surface area (Å²) in [6, 6.07) is 10.7. The van der Waals surface area contributed by atoms with Crippen molar-refractivity contribution < 1.29 is 19.4 Å². The summed E-state index contributed by atoms with van der Waals surface area (Å²) in [5.74, 6) is -0.0920. The lowest BCUT2D eigenvalue weighted by Gasteiger charge is -2.21. The van der Waals surface area contributed by atoms with E-state index in [-0.39, 0.29) is 11.4 Å². The van der Waals surface area contributed by atoms with Gasteiger partial charge in [0, 0.05) is 12.3 Å². The van der Waals surface area contributed by atoms with Crippen molar-refractivity contribution in [3.05, 3.63) is 76.3 Å². The van der Waals surface area contributed by atoms with Crippen LogP contribution in [0.15, 0.2) is 59.7 Å². The minimum atomic E-state index is -1.10. The number of aryl methyl sites for hydroxylation is 1. The van der Waals surface area contributed by atoms with Crippen LogP contribution in [-0.2, 0) is 4.79 Å². The number of rotatable bonds is 8. The summed E-state index contributed by atoms with van der Waals surface area (Å²) in [5.41, 5.74) is 0.493. The number of carboxylic acids is 1. The Balaban J connectivity index is 1.57. The number of carbonyl (C=O) groups excluding carboxylic acids is 1. The molecule has 34 heavy (non-hydrogen) atoms. The van der Waals surface area contributed by atoms with Gasteiger partial charge in [0.05, 0.1) is 11.8 Å². The van der Waals surface area contributed by atoms with E-state index in [9.17, 15) is 14.4 Å². The van der Waals surface area contributed by atoms with Crippen molar-refractivity contribution in [2.75, 3.05) is 5.32 Å². The number of ether oxygens (including phenoxy) is 1. The third kappa shape index (κ3) is 5.48. The number of aromatic nitrogens is 3. The number of pyridine rings is 1. The molecule has 0 saturated heterocycles. The normalized spacial score (nSPS) is 14.5. The highest BCUT2D eigenvalue weighted by Gasteiger charge is 2.29. The van der Waals surface area contributed by atoms with E-state index >= 15 is 0 Å². The SMILES string of the molecule is Cc1ccccc1Oc1cnn([C@H](CC2CCCC2)C(=O)Nc2ccc(C(=O)O)cn2)c(=O)c1. The minimum absolute atomic E-state index is 0.0163. The van der Waals surface area contributed by atoms with Crippen LogP contribution in [0.25, 0.3) is 0 Å². The summed E-state index contributed by atoms with van der Waals surface area (Å²) in [4.78, 5) is 41.2. The zero-order valence-corrected chi connectivity index (χ0v) is 18.8. The van der Waals surface area contributed by atoms with Gasteiger partial charge in [0.1, 0.15) is 17.6 Å². The Bertz CT molecular complexity index is 1230. The summed E-state index contributed by atoms with van der Waals surface area (Å²) in [6.45, 7) is 1.91. The molecule has 9 nitrogen and oxygen atoms in total. The quantitative estimate of drug-likeness (QED) is 0.514. The van der Waals surface area contributed by atoms with Crippen molar-refractivity contribution in [1.29, 1.82) is 0 Å². The standard InChI is InChI=1S/C25H26N4O5/c1-16-6-2-5-9-21(16)34-19-13-23(30)29(27-15-19)20(12-17-7-3-4-8-17)24(31)28-22-11-10-18(14-26-22)25(32)33/h2,5-6,9-11,13-15,17,20H,3-4,7-8,12H2,1H3,(H,32,33)(H,26,28,31)/t20-/m1/s1. The number of nitrogens with one attached hydrogen (secondary N) is 1. The zero-order chi connectivity index (χ0) is 24.1. The molecule has 9 heteroatoms. The zero-order valence-electron chi connectivity index (χ0n) is 18.8. The van der Waals surface area contributed by atoms with Crippen LogP contribution in [0.3, 0.4) is 0 Å². The highest BCUT2D eigenvalue weighted by Crippen LogP contribution is 2.32. The summed E-state index contributed by atoms with van der Waals surface area (Å²) in [6.07, 6.45) is 7.28. The summed E-state index contributed by atoms with van der Waals surface area (Å²) >= 11 is 0. The second kappa shape index (κ2) is 10.3. The first kappa shape index (κ1) is 23.2. The average Bonchev–Trinajstić information content (AvgIpc) is 3.33. The molecule has 2 aromatic heterocycles. The van der Waals surface area contributed by atoms with Gasteiger partial charge in [0.15, 0.2) is 5.75 Å². The molecule has 3 aromatic rings. The summed E-state index contributed by atoms with van der Waals surface area (Å²) in [5, 5.41) is 16.0. The van der Waals surface area contributed by atoms with Gasteiger partial charge in [-0.25, -0.2) is 14.5 Å². The second-order valence-electron chi connectivity index (χ2n) is 8.47. The minimum Gasteiger partial charge on any atom is -0.478 e. The van der Waals surface area contributed by atoms with E-state index in [0.717, 1.165) is 31.2 Å². The fourth-order valence-electron chi connectivity index (χ4n) is 4.17. The van der Waals surface area contributed by atoms with Crippen molar-refractivity contribution >= 4 is 17.7 Å². The van der Waals surface area contributed by atoms with E-state index < -0.39 is 23.5 Å². The van der Waals surface area contributed by atoms with Crippen LogP contribution in [0.2, 0.25) is 0 Å². The molecule has 0 spiro atoms. The molecule has 1 amide bonds. The molecule has 2 N–H and O–H groups in total. The lowest BCUT2D eigenvalue weighted by atomic mass is 9.98. The molecule has 1 aromatic carbocycles. The molecule has 1 atom stereocenters. The third-order valence-corrected chi connectivity index (χ3v) is 6.01. The molecule has 0 aliphatic heterocycles. The molecule has 1 fully saturated rings. The number of hydrogen-bond donors (Lipinski definition) is 2. The van der Waals surface area contributed by atoms with Crippen LogP contribution in [0, 0.1) is 12.8 Å². The first-order chi connectivity index (χ1) is 16.4. The fourth-order valence-corrected chi connectivity index (χ4v) is 4.17. The van der Waals surface area contributed by atoms with Crippen LogP contribution in [0.4, 0.5) is 5.82 Å². The predicted molar refractivity (Wildman–Crippen MR) is 125 cm³/mol. The van der Waals surface area contributed by atoms with Gasteiger partial charge in [-0.3, -0.25) is 9.59 Å². The average molecular weight is 463 g/mol. The van der Waals surface area contributed by atoms with E-state index in [1.54, 1.807) is 6.07 Å². The maximum Gasteiger partial charge on any atom is 0.337 e.